The van der Waals surface area contributed by atoms with Crippen LogP contribution in [0.25, 0.3) is 28.2 Å². The van der Waals surface area contributed by atoms with Gasteiger partial charge in [-0.3, -0.25) is 4.79 Å². The number of amides is 1. The van der Waals surface area contributed by atoms with Gasteiger partial charge in [0.2, 0.25) is 10.0 Å². The molecule has 3 heterocycles. The average molecular weight is 687 g/mol. The lowest BCUT2D eigenvalue weighted by molar-refractivity contribution is -0.133. The highest BCUT2D eigenvalue weighted by Gasteiger charge is 2.44. The first-order valence-corrected chi connectivity index (χ1v) is 19.1. The van der Waals surface area contributed by atoms with Crippen molar-refractivity contribution in [1.82, 2.24) is 19.3 Å². The number of aromatic nitrogens is 1. The molecule has 0 bridgehead atoms. The van der Waals surface area contributed by atoms with Gasteiger partial charge in [-0.2, -0.15) is 0 Å². The minimum atomic E-state index is -3.84. The van der Waals surface area contributed by atoms with Gasteiger partial charge in [0.05, 0.1) is 41.9 Å². The van der Waals surface area contributed by atoms with Crippen LogP contribution in [0.5, 0.6) is 5.75 Å². The van der Waals surface area contributed by atoms with E-state index in [0.717, 1.165) is 83.9 Å². The van der Waals surface area contributed by atoms with Crippen LogP contribution in [0.15, 0.2) is 53.2 Å². The van der Waals surface area contributed by atoms with Crippen LogP contribution >= 0.6 is 0 Å². The van der Waals surface area contributed by atoms with Crippen LogP contribution in [0.4, 0.5) is 0 Å². The molecule has 1 aromatic heterocycles. The van der Waals surface area contributed by atoms with E-state index in [-0.39, 0.29) is 17.6 Å². The summed E-state index contributed by atoms with van der Waals surface area (Å²) >= 11 is 0. The number of carbonyl (C=O) groups is 2. The lowest BCUT2D eigenvalue weighted by atomic mass is 9.81. The number of hydrogen-bond acceptors (Lipinski definition) is 7. The normalized spacial score (nSPS) is 20.6. The third kappa shape index (κ3) is 5.64. The molecule has 0 radical (unpaired) electrons. The highest BCUT2D eigenvalue weighted by Crippen LogP contribution is 2.49. The molecule has 2 aliphatic carbocycles. The van der Waals surface area contributed by atoms with Crippen molar-refractivity contribution in [3.63, 3.8) is 0 Å². The lowest BCUT2D eigenvalue weighted by Crippen LogP contribution is -2.48. The number of carboxylic acids is 1. The van der Waals surface area contributed by atoms with Crippen LogP contribution in [-0.4, -0.2) is 71.5 Å². The molecular formula is C38H46N4O6S. The van der Waals surface area contributed by atoms with Crippen molar-refractivity contribution in [3.8, 4) is 17.0 Å². The second-order valence-electron chi connectivity index (χ2n) is 14.3. The average Bonchev–Trinajstić information content (AvgIpc) is 3.43. The predicted octanol–water partition coefficient (Wildman–Crippen LogP) is 6.67. The molecule has 2 aliphatic heterocycles. The van der Waals surface area contributed by atoms with E-state index in [1.165, 1.54) is 25.8 Å². The summed E-state index contributed by atoms with van der Waals surface area (Å²) in [6.45, 7) is 5.40. The zero-order chi connectivity index (χ0) is 34.8. The van der Waals surface area contributed by atoms with E-state index >= 15 is 0 Å². The van der Waals surface area contributed by atoms with Crippen molar-refractivity contribution in [3.05, 3.63) is 69.9 Å². The number of fused-ring (bicyclic) bond motifs is 5. The molecule has 2 saturated carbocycles. The van der Waals surface area contributed by atoms with E-state index in [2.05, 4.69) is 31.4 Å². The lowest BCUT2D eigenvalue weighted by Gasteiger charge is -2.43. The number of nitrogens with one attached hydrogen (secondary N) is 1. The molecule has 10 nitrogen and oxygen atoms in total. The Morgan fingerprint density at radius 2 is 1.73 bits per heavy atom. The van der Waals surface area contributed by atoms with Crippen molar-refractivity contribution in [2.45, 2.75) is 102 Å². The first-order valence-electron chi connectivity index (χ1n) is 17.5. The Bertz CT molecular complexity index is 2020. The van der Waals surface area contributed by atoms with Gasteiger partial charge in [0.25, 0.3) is 5.91 Å². The summed E-state index contributed by atoms with van der Waals surface area (Å²) in [7, 11) is -0.213. The second kappa shape index (κ2) is 12.7. The Morgan fingerprint density at radius 1 is 1.00 bits per heavy atom. The van der Waals surface area contributed by atoms with E-state index in [1.807, 2.05) is 38.2 Å². The van der Waals surface area contributed by atoms with Gasteiger partial charge in [-0.1, -0.05) is 25.3 Å². The summed E-state index contributed by atoms with van der Waals surface area (Å²) in [5.74, 6) is -0.581. The number of carbonyl (C=O) groups excluding carboxylic acids is 1. The summed E-state index contributed by atoms with van der Waals surface area (Å²) < 4.78 is 35.6. The number of likely N-dealkylation sites (N-methyl/N-ethyl adjacent to an activating group) is 1. The molecule has 1 atom stereocenters. The molecule has 1 unspecified atom stereocenters. The molecule has 1 amide bonds. The van der Waals surface area contributed by atoms with Gasteiger partial charge in [-0.15, -0.1) is 0 Å². The maximum atomic E-state index is 13.4. The monoisotopic (exact) mass is 686 g/mol. The third-order valence-electron chi connectivity index (χ3n) is 11.2. The van der Waals surface area contributed by atoms with Crippen LogP contribution in [0.2, 0.25) is 0 Å². The highest BCUT2D eigenvalue weighted by molar-refractivity contribution is 7.90. The Hall–Kier alpha value is -4.09. The van der Waals surface area contributed by atoms with Crippen LogP contribution in [-0.2, 0) is 21.4 Å². The molecule has 0 saturated heterocycles. The number of sulfonamides is 1. The number of ether oxygens (including phenoxy) is 1. The zero-order valence-electron chi connectivity index (χ0n) is 29.0. The fourth-order valence-corrected chi connectivity index (χ4v) is 8.77. The Morgan fingerprint density at radius 3 is 2.37 bits per heavy atom. The van der Waals surface area contributed by atoms with Gasteiger partial charge in [-0.25, -0.2) is 22.9 Å². The quantitative estimate of drug-likeness (QED) is 0.270. The first-order chi connectivity index (χ1) is 23.4. The number of benzene rings is 2. The number of aliphatic carboxylic acids is 1. The SMILES string of the molecule is COc1ccc2c(c1)C=C(C1=C(C(=O)O)C(C)N(C)N1C1CCC1)Cn1c-2c(C2CCCCC2)c2ccc(C(=O)NS(=O)(=O)C(C)C)cc21. The smallest absolute Gasteiger partial charge is 0.335 e. The standard InChI is InChI=1S/C38H46N4O6S/c1-22(2)49(46,47)39-37(43)25-14-16-31-32(20-25)41-21-27(35-33(38(44)45)23(3)40(4)42(35)28-12-9-13-28)18-26-19-29(48-5)15-17-30(26)36(41)34(31)24-10-7-6-8-11-24/h14-20,22-24,28H,6-13,21H2,1-5H3,(H,39,43)(H,44,45). The first kappa shape index (κ1) is 33.4. The van der Waals surface area contributed by atoms with E-state index in [0.29, 0.717) is 23.8 Å². The number of hydrazine groups is 1. The number of hydrogen-bond donors (Lipinski definition) is 2. The van der Waals surface area contributed by atoms with Gasteiger partial charge in [0.1, 0.15) is 5.75 Å². The molecule has 7 rings (SSSR count). The zero-order valence-corrected chi connectivity index (χ0v) is 29.8. The molecule has 2 fully saturated rings. The highest BCUT2D eigenvalue weighted by atomic mass is 32.2. The summed E-state index contributed by atoms with van der Waals surface area (Å²) in [4.78, 5) is 26.4. The van der Waals surface area contributed by atoms with Crippen molar-refractivity contribution in [2.24, 2.45) is 0 Å². The molecular weight excluding hydrogens is 641 g/mol. The Balaban J connectivity index is 1.49. The molecule has 2 N–H and O–H groups in total. The van der Waals surface area contributed by atoms with Crippen LogP contribution in [0.3, 0.4) is 0 Å². The Labute approximate surface area is 288 Å². The van der Waals surface area contributed by atoms with Crippen molar-refractivity contribution < 1.29 is 27.9 Å². The van der Waals surface area contributed by atoms with E-state index in [4.69, 9.17) is 4.74 Å². The van der Waals surface area contributed by atoms with Gasteiger partial charge < -0.3 is 19.4 Å². The van der Waals surface area contributed by atoms with E-state index < -0.39 is 27.1 Å². The number of allylic oxidation sites excluding steroid dienone is 1. The summed E-state index contributed by atoms with van der Waals surface area (Å²) in [6.07, 6.45) is 10.8. The third-order valence-corrected chi connectivity index (χ3v) is 12.9. The van der Waals surface area contributed by atoms with Gasteiger partial charge in [0.15, 0.2) is 0 Å². The summed E-state index contributed by atoms with van der Waals surface area (Å²) in [5, 5.41) is 15.2. The van der Waals surface area contributed by atoms with Crippen molar-refractivity contribution in [1.29, 1.82) is 0 Å². The van der Waals surface area contributed by atoms with Gasteiger partial charge >= 0.3 is 5.97 Å². The maximum absolute atomic E-state index is 13.4. The fourth-order valence-electron chi connectivity index (χ4n) is 8.16. The molecule has 49 heavy (non-hydrogen) atoms. The predicted molar refractivity (Wildman–Crippen MR) is 191 cm³/mol. The molecule has 0 spiro atoms. The fraction of sp³-hybridized carbons (Fsp3) is 0.474. The van der Waals surface area contributed by atoms with Crippen molar-refractivity contribution >= 4 is 38.9 Å². The summed E-state index contributed by atoms with van der Waals surface area (Å²) in [5.41, 5.74) is 7.32. The number of carboxylic acid groups (broad SMARTS) is 1. The minimum Gasteiger partial charge on any atom is -0.497 e. The molecule has 3 aromatic rings. The second-order valence-corrected chi connectivity index (χ2v) is 16.5. The molecule has 4 aliphatic rings. The molecule has 2 aromatic carbocycles. The number of nitrogens with zero attached hydrogens (tertiary/aromatic N) is 3. The van der Waals surface area contributed by atoms with Crippen LogP contribution < -0.4 is 9.46 Å². The molecule has 11 heteroatoms. The number of rotatable bonds is 8. The van der Waals surface area contributed by atoms with E-state index in [9.17, 15) is 23.1 Å². The van der Waals surface area contributed by atoms with Gasteiger partial charge in [-0.05, 0) is 112 Å². The Kier molecular flexibility index (Phi) is 8.63. The maximum Gasteiger partial charge on any atom is 0.335 e. The molecule has 260 valence electrons. The largest absolute Gasteiger partial charge is 0.497 e. The van der Waals surface area contributed by atoms with Crippen LogP contribution in [0.1, 0.15) is 99.5 Å². The topological polar surface area (TPSA) is 121 Å². The van der Waals surface area contributed by atoms with Gasteiger partial charge in [0, 0.05) is 35.1 Å². The van der Waals surface area contributed by atoms with Crippen molar-refractivity contribution in [2.75, 3.05) is 14.2 Å². The van der Waals surface area contributed by atoms with E-state index in [1.54, 1.807) is 13.2 Å². The summed E-state index contributed by atoms with van der Waals surface area (Å²) in [6, 6.07) is 11.5. The minimum absolute atomic E-state index is 0.213. The van der Waals surface area contributed by atoms with Crippen LogP contribution in [0, 0.1) is 0 Å². The number of methoxy groups -OCH3 is 1.